The molecule has 7 aromatic carbocycles. The first kappa shape index (κ1) is 29.2. The minimum atomic E-state index is -1.87. The maximum atomic E-state index is 5.17. The van der Waals surface area contributed by atoms with Gasteiger partial charge in [-0.25, -0.2) is 15.0 Å². The zero-order valence-electron chi connectivity index (χ0n) is 27.4. The minimum absolute atomic E-state index is 0.658. The third-order valence-corrected chi connectivity index (χ3v) is 13.5. The Kier molecular flexibility index (Phi) is 6.92. The predicted molar refractivity (Wildman–Crippen MR) is 207 cm³/mol. The third kappa shape index (κ3) is 5.09. The molecule has 1 aliphatic rings. The van der Waals surface area contributed by atoms with E-state index in [0.29, 0.717) is 17.5 Å². The van der Waals surface area contributed by atoms with Gasteiger partial charge in [-0.1, -0.05) is 165 Å². The lowest BCUT2D eigenvalue weighted by Gasteiger charge is -2.19. The van der Waals surface area contributed by atoms with Crippen LogP contribution in [0.5, 0.6) is 0 Å². The lowest BCUT2D eigenvalue weighted by molar-refractivity contribution is 1.07. The average Bonchev–Trinajstić information content (AvgIpc) is 3.41. The Hall–Kier alpha value is -5.97. The minimum Gasteiger partial charge on any atom is -0.208 e. The molecule has 0 amide bonds. The zero-order valence-corrected chi connectivity index (χ0v) is 28.4. The summed E-state index contributed by atoms with van der Waals surface area (Å²) in [5, 5.41) is 5.53. The molecule has 0 radical (unpaired) electrons. The Morgan fingerprint density at radius 2 is 0.857 bits per heavy atom. The van der Waals surface area contributed by atoms with Crippen molar-refractivity contribution in [2.24, 2.45) is 0 Å². The molecule has 0 spiro atoms. The smallest absolute Gasteiger partial charge is 0.164 e. The molecule has 1 aliphatic heterocycles. The van der Waals surface area contributed by atoms with Crippen molar-refractivity contribution in [3.63, 3.8) is 0 Å². The summed E-state index contributed by atoms with van der Waals surface area (Å²) in [5.74, 6) is 1.99. The van der Waals surface area contributed by atoms with Crippen molar-refractivity contribution in [3.05, 3.63) is 164 Å². The van der Waals surface area contributed by atoms with Crippen molar-refractivity contribution < 1.29 is 0 Å². The van der Waals surface area contributed by atoms with E-state index in [1.54, 1.807) is 0 Å². The normalized spacial score (nSPS) is 12.9. The van der Waals surface area contributed by atoms with Gasteiger partial charge in [-0.2, -0.15) is 0 Å². The number of hydrogen-bond donors (Lipinski definition) is 0. The first-order valence-corrected chi connectivity index (χ1v) is 19.8. The van der Waals surface area contributed by atoms with Gasteiger partial charge in [0.25, 0.3) is 0 Å². The van der Waals surface area contributed by atoms with Gasteiger partial charge in [0.05, 0.1) is 0 Å². The fourth-order valence-electron chi connectivity index (χ4n) is 7.34. The van der Waals surface area contributed by atoms with Gasteiger partial charge in [-0.05, 0) is 66.7 Å². The summed E-state index contributed by atoms with van der Waals surface area (Å²) >= 11 is 0. The molecule has 0 fully saturated rings. The molecule has 0 aliphatic carbocycles. The average molecular weight is 644 g/mol. The summed E-state index contributed by atoms with van der Waals surface area (Å²) in [4.78, 5) is 15.4. The number of fused-ring (bicyclic) bond motifs is 5. The quantitative estimate of drug-likeness (QED) is 0.175. The van der Waals surface area contributed by atoms with E-state index in [0.717, 1.165) is 33.4 Å². The van der Waals surface area contributed by atoms with E-state index >= 15 is 0 Å². The van der Waals surface area contributed by atoms with Crippen molar-refractivity contribution in [1.82, 2.24) is 15.0 Å². The largest absolute Gasteiger partial charge is 0.208 e. The first-order valence-electron chi connectivity index (χ1n) is 16.8. The van der Waals surface area contributed by atoms with Gasteiger partial charge in [-0.3, -0.25) is 0 Å². The van der Waals surface area contributed by atoms with Gasteiger partial charge in [0.15, 0.2) is 17.5 Å². The van der Waals surface area contributed by atoms with Gasteiger partial charge >= 0.3 is 0 Å². The van der Waals surface area contributed by atoms with Crippen LogP contribution in [-0.2, 0) is 0 Å². The van der Waals surface area contributed by atoms with E-state index < -0.39 is 8.07 Å². The van der Waals surface area contributed by atoms with E-state index in [1.165, 1.54) is 37.8 Å². The molecule has 4 heteroatoms. The fraction of sp³-hybridized carbons (Fsp3) is 0.0444. The summed E-state index contributed by atoms with van der Waals surface area (Å²) in [7, 11) is -1.87. The third-order valence-electron chi connectivity index (χ3n) is 9.94. The summed E-state index contributed by atoms with van der Waals surface area (Å²) in [6, 6.07) is 58.2. The van der Waals surface area contributed by atoms with Crippen molar-refractivity contribution in [2.75, 3.05) is 0 Å². The van der Waals surface area contributed by atoms with Crippen LogP contribution < -0.4 is 10.4 Å². The highest BCUT2D eigenvalue weighted by atomic mass is 28.3. The Morgan fingerprint density at radius 3 is 1.57 bits per heavy atom. The Morgan fingerprint density at radius 1 is 0.367 bits per heavy atom. The van der Waals surface area contributed by atoms with Gasteiger partial charge in [0, 0.05) is 16.7 Å². The topological polar surface area (TPSA) is 38.7 Å². The standard InChI is InChI=1S/C45H33N3Si/c1-49(2)40-26-25-37(29-39(40)42-38-19-10-9-16-33(38)24-27-41(42)49)45-47-43(34-22-20-32(21-23-34)30-12-5-3-6-13-30)46-44(48-45)36-18-11-17-35(28-36)31-14-7-4-8-15-31/h3-29H,1-2H3. The van der Waals surface area contributed by atoms with Crippen LogP contribution in [0.4, 0.5) is 0 Å². The highest BCUT2D eigenvalue weighted by Crippen LogP contribution is 2.37. The number of hydrogen-bond acceptors (Lipinski definition) is 3. The van der Waals surface area contributed by atoms with Crippen molar-refractivity contribution in [2.45, 2.75) is 13.1 Å². The molecule has 49 heavy (non-hydrogen) atoms. The first-order chi connectivity index (χ1) is 24.0. The Balaban J connectivity index is 1.21. The maximum absolute atomic E-state index is 5.17. The van der Waals surface area contributed by atoms with Crippen LogP contribution in [0.3, 0.4) is 0 Å². The highest BCUT2D eigenvalue weighted by molar-refractivity contribution is 7.04. The molecule has 0 saturated carbocycles. The van der Waals surface area contributed by atoms with E-state index in [1.807, 2.05) is 12.1 Å². The zero-order chi connectivity index (χ0) is 33.0. The molecule has 232 valence electrons. The van der Waals surface area contributed by atoms with Crippen LogP contribution in [0.15, 0.2) is 164 Å². The van der Waals surface area contributed by atoms with Crippen LogP contribution >= 0.6 is 0 Å². The summed E-state index contributed by atoms with van der Waals surface area (Å²) in [5.41, 5.74) is 10.2. The van der Waals surface area contributed by atoms with Gasteiger partial charge < -0.3 is 0 Å². The molecule has 9 rings (SSSR count). The van der Waals surface area contributed by atoms with Crippen molar-refractivity contribution in [3.8, 4) is 67.5 Å². The second-order valence-electron chi connectivity index (χ2n) is 13.3. The van der Waals surface area contributed by atoms with E-state index in [9.17, 15) is 0 Å². The molecular formula is C45H33N3Si. The summed E-state index contributed by atoms with van der Waals surface area (Å²) in [6.07, 6.45) is 0. The lowest BCUT2D eigenvalue weighted by Crippen LogP contribution is -2.49. The second-order valence-corrected chi connectivity index (χ2v) is 17.6. The van der Waals surface area contributed by atoms with Gasteiger partial charge in [0.1, 0.15) is 8.07 Å². The fourth-order valence-corrected chi connectivity index (χ4v) is 10.4. The van der Waals surface area contributed by atoms with Crippen LogP contribution in [0.25, 0.3) is 78.3 Å². The molecule has 0 N–H and O–H groups in total. The van der Waals surface area contributed by atoms with E-state index in [2.05, 4.69) is 165 Å². The molecule has 0 unspecified atom stereocenters. The van der Waals surface area contributed by atoms with E-state index in [4.69, 9.17) is 15.0 Å². The number of nitrogens with zero attached hydrogens (tertiary/aromatic N) is 3. The molecule has 1 aromatic heterocycles. The molecule has 0 bridgehead atoms. The van der Waals surface area contributed by atoms with Crippen LogP contribution in [-0.4, -0.2) is 23.0 Å². The van der Waals surface area contributed by atoms with Gasteiger partial charge in [0.2, 0.25) is 0 Å². The number of benzene rings is 7. The molecular weight excluding hydrogens is 611 g/mol. The van der Waals surface area contributed by atoms with Crippen LogP contribution in [0.1, 0.15) is 0 Å². The van der Waals surface area contributed by atoms with Gasteiger partial charge in [-0.15, -0.1) is 0 Å². The Labute approximate surface area is 287 Å². The van der Waals surface area contributed by atoms with Crippen LogP contribution in [0.2, 0.25) is 13.1 Å². The molecule has 8 aromatic rings. The monoisotopic (exact) mass is 643 g/mol. The summed E-state index contributed by atoms with van der Waals surface area (Å²) < 4.78 is 0. The predicted octanol–water partition coefficient (Wildman–Crippen LogP) is 10.2. The molecule has 0 atom stereocenters. The molecule has 2 heterocycles. The summed E-state index contributed by atoms with van der Waals surface area (Å²) in [6.45, 7) is 4.92. The van der Waals surface area contributed by atoms with Crippen LogP contribution in [0, 0.1) is 0 Å². The van der Waals surface area contributed by atoms with Crippen molar-refractivity contribution in [1.29, 1.82) is 0 Å². The lowest BCUT2D eigenvalue weighted by atomic mass is 9.97. The number of rotatable bonds is 5. The number of aromatic nitrogens is 3. The highest BCUT2D eigenvalue weighted by Gasteiger charge is 2.38. The molecule has 0 saturated heterocycles. The maximum Gasteiger partial charge on any atom is 0.164 e. The SMILES string of the molecule is C[Si]1(C)c2ccc(-c3nc(-c4ccc(-c5ccccc5)cc4)nc(-c4cccc(-c5ccccc5)c4)n3)cc2-c2c1ccc1ccccc21. The Bertz CT molecular complexity index is 2510. The van der Waals surface area contributed by atoms with E-state index in [-0.39, 0.29) is 0 Å². The second kappa shape index (κ2) is 11.6. The van der Waals surface area contributed by atoms with Crippen molar-refractivity contribution >= 4 is 29.2 Å². The molecule has 3 nitrogen and oxygen atoms in total.